The summed E-state index contributed by atoms with van der Waals surface area (Å²) in [6.45, 7) is 1.58. The molecule has 1 saturated carbocycles. The zero-order valence-electron chi connectivity index (χ0n) is 20.5. The van der Waals surface area contributed by atoms with Gasteiger partial charge in [0.15, 0.2) is 11.5 Å². The summed E-state index contributed by atoms with van der Waals surface area (Å²) >= 11 is 6.53. The Labute approximate surface area is 217 Å². The summed E-state index contributed by atoms with van der Waals surface area (Å²) in [6.07, 6.45) is 2.00. The lowest BCUT2D eigenvalue weighted by Crippen LogP contribution is -2.31. The van der Waals surface area contributed by atoms with Crippen molar-refractivity contribution in [3.8, 4) is 22.6 Å². The van der Waals surface area contributed by atoms with E-state index in [0.29, 0.717) is 29.3 Å². The molecule has 3 aromatic carbocycles. The maximum Gasteiger partial charge on any atom is 0.251 e. The number of ketones is 1. The first-order chi connectivity index (χ1) is 17.4. The van der Waals surface area contributed by atoms with E-state index in [2.05, 4.69) is 5.32 Å². The lowest BCUT2D eigenvalue weighted by atomic mass is 9.87. The number of halogens is 1. The zero-order chi connectivity index (χ0) is 25.3. The van der Waals surface area contributed by atoms with Crippen molar-refractivity contribution in [1.29, 1.82) is 0 Å². The van der Waals surface area contributed by atoms with Crippen molar-refractivity contribution in [1.82, 2.24) is 10.2 Å². The Bertz CT molecular complexity index is 1310. The van der Waals surface area contributed by atoms with Gasteiger partial charge in [-0.1, -0.05) is 35.9 Å². The number of nitrogens with one attached hydrogen (secondary N) is 1. The van der Waals surface area contributed by atoms with Crippen molar-refractivity contribution in [3.63, 3.8) is 0 Å². The van der Waals surface area contributed by atoms with E-state index in [9.17, 15) is 9.59 Å². The average molecular weight is 507 g/mol. The normalized spacial score (nSPS) is 15.1. The van der Waals surface area contributed by atoms with Crippen molar-refractivity contribution in [3.05, 3.63) is 82.4 Å². The van der Waals surface area contributed by atoms with Gasteiger partial charge in [0, 0.05) is 37.1 Å². The quantitative estimate of drug-likeness (QED) is 0.436. The largest absolute Gasteiger partial charge is 0.454 e. The number of rotatable bonds is 9. The first-order valence-corrected chi connectivity index (χ1v) is 12.5. The predicted octanol–water partition coefficient (Wildman–Crippen LogP) is 5.12. The van der Waals surface area contributed by atoms with Crippen LogP contribution in [0.4, 0.5) is 0 Å². The van der Waals surface area contributed by atoms with E-state index in [1.807, 2.05) is 67.5 Å². The number of ether oxygens (including phenoxy) is 2. The van der Waals surface area contributed by atoms with Crippen LogP contribution in [0, 0.1) is 0 Å². The van der Waals surface area contributed by atoms with Crippen molar-refractivity contribution in [2.45, 2.75) is 24.7 Å². The van der Waals surface area contributed by atoms with E-state index in [-0.39, 0.29) is 19.9 Å². The Morgan fingerprint density at radius 3 is 2.47 bits per heavy atom. The van der Waals surface area contributed by atoms with E-state index in [4.69, 9.17) is 21.1 Å². The lowest BCUT2D eigenvalue weighted by molar-refractivity contribution is -0.120. The summed E-state index contributed by atoms with van der Waals surface area (Å²) in [4.78, 5) is 27.8. The van der Waals surface area contributed by atoms with Gasteiger partial charge in [0.2, 0.25) is 6.79 Å². The molecule has 1 aliphatic heterocycles. The van der Waals surface area contributed by atoms with Crippen molar-refractivity contribution < 1.29 is 20.5 Å². The van der Waals surface area contributed by atoms with Gasteiger partial charge in [-0.15, -0.1) is 0 Å². The highest BCUT2D eigenvalue weighted by Gasteiger charge is 2.50. The fraction of sp³-hybridized carbons (Fsp3) is 0.310. The fourth-order valence-electron chi connectivity index (χ4n) is 4.60. The molecule has 1 N–H and O–H groups in total. The van der Waals surface area contributed by atoms with Gasteiger partial charge < -0.3 is 19.7 Å². The van der Waals surface area contributed by atoms with Crippen LogP contribution in [0.5, 0.6) is 11.5 Å². The summed E-state index contributed by atoms with van der Waals surface area (Å²) in [5.74, 6) is 1.52. The van der Waals surface area contributed by atoms with Crippen molar-refractivity contribution >= 4 is 23.3 Å². The van der Waals surface area contributed by atoms with E-state index >= 15 is 0 Å². The molecule has 0 radical (unpaired) electrons. The van der Waals surface area contributed by atoms with E-state index in [1.54, 1.807) is 12.1 Å². The molecule has 1 amide bonds. The molecule has 0 spiro atoms. The molecule has 3 aromatic rings. The molecule has 0 aromatic heterocycles. The van der Waals surface area contributed by atoms with E-state index in [0.717, 1.165) is 47.4 Å². The van der Waals surface area contributed by atoms with Gasteiger partial charge in [-0.05, 0) is 80.0 Å². The molecule has 1 fully saturated rings. The molecule has 7 heteroatoms. The number of likely N-dealkylation sites (N-methyl/N-ethyl adjacent to an activating group) is 1. The molecule has 6 nitrogen and oxygen atoms in total. The summed E-state index contributed by atoms with van der Waals surface area (Å²) in [7, 11) is 3.93. The van der Waals surface area contributed by atoms with Gasteiger partial charge in [0.25, 0.3) is 5.91 Å². The maximum absolute atomic E-state index is 13.4. The molecule has 1 heterocycles. The first kappa shape index (κ1) is 24.3. The second-order valence-electron chi connectivity index (χ2n) is 9.70. The third kappa shape index (κ3) is 4.97. The van der Waals surface area contributed by atoms with Crippen LogP contribution in [0.25, 0.3) is 11.1 Å². The monoisotopic (exact) mass is 506 g/mol. The van der Waals surface area contributed by atoms with Crippen molar-refractivity contribution in [2.24, 2.45) is 0 Å². The van der Waals surface area contributed by atoms with Crippen LogP contribution in [0.1, 0.15) is 35.8 Å². The van der Waals surface area contributed by atoms with Crippen LogP contribution < -0.4 is 14.8 Å². The van der Waals surface area contributed by atoms with Crippen LogP contribution in [0.15, 0.2) is 60.7 Å². The number of fused-ring (bicyclic) bond motifs is 1. The van der Waals surface area contributed by atoms with Crippen LogP contribution in [0.3, 0.4) is 0 Å². The highest BCUT2D eigenvalue weighted by molar-refractivity contribution is 6.33. The molecule has 1 aliphatic carbocycles. The summed E-state index contributed by atoms with van der Waals surface area (Å²) < 4.78 is 10.9. The molecule has 0 bridgehead atoms. The smallest absolute Gasteiger partial charge is 0.251 e. The third-order valence-corrected chi connectivity index (χ3v) is 7.24. The van der Waals surface area contributed by atoms with Crippen LogP contribution >= 0.6 is 11.6 Å². The molecular weight excluding hydrogens is 476 g/mol. The number of hydrogen-bond acceptors (Lipinski definition) is 5. The van der Waals surface area contributed by atoms with E-state index in [1.165, 1.54) is 0 Å². The third-order valence-electron chi connectivity index (χ3n) is 6.91. The Morgan fingerprint density at radius 2 is 1.75 bits per heavy atom. The second-order valence-corrected chi connectivity index (χ2v) is 10.1. The minimum Gasteiger partial charge on any atom is -0.454 e. The van der Waals surface area contributed by atoms with Gasteiger partial charge in [0.05, 0.1) is 5.41 Å². The number of hydrogen-bond donors (Lipinski definition) is 1. The topological polar surface area (TPSA) is 67.9 Å². The van der Waals surface area contributed by atoms with Crippen molar-refractivity contribution in [2.75, 3.05) is 34.0 Å². The summed E-state index contributed by atoms with van der Waals surface area (Å²) in [5.41, 5.74) is 3.79. The first-order valence-electron chi connectivity index (χ1n) is 12.1. The summed E-state index contributed by atoms with van der Waals surface area (Å²) in [5, 5.41) is 3.52. The Kier molecular flexibility index (Phi) is 6.73. The number of carbonyl (C=O) groups excluding carboxylic acids is 2. The molecule has 5 rings (SSSR count). The predicted molar refractivity (Wildman–Crippen MR) is 142 cm³/mol. The summed E-state index contributed by atoms with van der Waals surface area (Å²) in [6, 6.07) is 18.9. The van der Waals surface area contributed by atoms with Gasteiger partial charge >= 0.3 is 0 Å². The minimum atomic E-state index is -0.456. The molecule has 0 atom stereocenters. The van der Waals surface area contributed by atoms with Crippen LogP contribution in [-0.4, -0.2) is 50.6 Å². The second kappa shape index (κ2) is 9.96. The fourth-order valence-corrected chi connectivity index (χ4v) is 4.83. The minimum absolute atomic E-state index is 0. The number of nitrogens with zero attached hydrogens (tertiary/aromatic N) is 1. The zero-order valence-corrected chi connectivity index (χ0v) is 21.2. The maximum atomic E-state index is 13.4. The van der Waals surface area contributed by atoms with Gasteiger partial charge in [0.1, 0.15) is 5.78 Å². The number of amides is 1. The SMILES string of the molecule is CN(C)CCNC(=O)c1ccc(-c2cc(CC(=O)C3(c4ccc5c(c4)OCO5)CC3)ccc2Cl)cc1.[HH]. The van der Waals surface area contributed by atoms with Gasteiger partial charge in [-0.3, -0.25) is 9.59 Å². The molecule has 0 saturated heterocycles. The highest BCUT2D eigenvalue weighted by atomic mass is 35.5. The number of carbonyl (C=O) groups is 2. The van der Waals surface area contributed by atoms with Gasteiger partial charge in [-0.25, -0.2) is 0 Å². The number of benzene rings is 3. The average Bonchev–Trinajstić information content (AvgIpc) is 3.56. The molecule has 188 valence electrons. The van der Waals surface area contributed by atoms with Gasteiger partial charge in [-0.2, -0.15) is 0 Å². The van der Waals surface area contributed by atoms with E-state index < -0.39 is 5.41 Å². The van der Waals surface area contributed by atoms with Crippen LogP contribution in [0.2, 0.25) is 5.02 Å². The number of Topliss-reactive ketones (excluding diaryl/α,β-unsaturated/α-hetero) is 1. The Morgan fingerprint density at radius 1 is 1.00 bits per heavy atom. The molecule has 2 aliphatic rings. The van der Waals surface area contributed by atoms with Crippen LogP contribution in [-0.2, 0) is 16.6 Å². The lowest BCUT2D eigenvalue weighted by Gasteiger charge is -2.16. The highest BCUT2D eigenvalue weighted by Crippen LogP contribution is 2.51. The molecule has 36 heavy (non-hydrogen) atoms. The molecule has 0 unspecified atom stereocenters. The molecular formula is C29H31ClN2O4. The Balaban J connectivity index is 0.00000320. The Hall–Kier alpha value is -3.35. The standard InChI is InChI=1S/C29H29ClN2O4.H2/c1-32(2)14-13-31-28(34)21-6-4-20(5-7-21)23-15-19(3-9-24(23)30)16-27(33)29(11-12-29)22-8-10-25-26(17-22)36-18-35-25;/h3-10,15,17H,11-14,16,18H2,1-2H3,(H,31,34);1H.